The zero-order valence-electron chi connectivity index (χ0n) is 14.7. The molecule has 0 aliphatic carbocycles. The first-order valence-corrected chi connectivity index (χ1v) is 8.91. The summed E-state index contributed by atoms with van der Waals surface area (Å²) in [5, 5.41) is 2.01. The zero-order valence-corrected chi connectivity index (χ0v) is 15.5. The fraction of sp³-hybridized carbons (Fsp3) is 0.450. The molecule has 0 fully saturated rings. The van der Waals surface area contributed by atoms with Crippen molar-refractivity contribution < 1.29 is 9.53 Å². The van der Waals surface area contributed by atoms with E-state index in [2.05, 4.69) is 53.7 Å². The molecule has 0 radical (unpaired) electrons. The van der Waals surface area contributed by atoms with Gasteiger partial charge in [-0.25, -0.2) is 0 Å². The third kappa shape index (κ3) is 2.83. The lowest BCUT2D eigenvalue weighted by atomic mass is 9.78. The Kier molecular flexibility index (Phi) is 3.68. The summed E-state index contributed by atoms with van der Waals surface area (Å²) < 4.78 is 5.74. The van der Waals surface area contributed by atoms with Crippen molar-refractivity contribution in [2.45, 2.75) is 58.3 Å². The molecule has 0 saturated carbocycles. The van der Waals surface area contributed by atoms with Crippen molar-refractivity contribution >= 4 is 17.3 Å². The second-order valence-electron chi connectivity index (χ2n) is 8.31. The fourth-order valence-corrected chi connectivity index (χ4v) is 3.81. The van der Waals surface area contributed by atoms with Gasteiger partial charge in [-0.05, 0) is 27.8 Å². The number of carbonyl (C=O) groups excluding carboxylic acids is 1. The number of carbonyl (C=O) groups is 1. The molecule has 0 spiro atoms. The summed E-state index contributed by atoms with van der Waals surface area (Å²) in [4.78, 5) is 13.6. The van der Waals surface area contributed by atoms with E-state index in [1.165, 1.54) is 5.56 Å². The molecule has 2 aromatic rings. The Hall–Kier alpha value is -1.61. The molecule has 1 aliphatic rings. The van der Waals surface area contributed by atoms with Crippen LogP contribution in [-0.4, -0.2) is 5.97 Å². The molecule has 3 rings (SSSR count). The monoisotopic (exact) mass is 328 g/mol. The second kappa shape index (κ2) is 5.20. The molecule has 1 unspecified atom stereocenters. The van der Waals surface area contributed by atoms with Crippen molar-refractivity contribution in [3.8, 4) is 5.75 Å². The van der Waals surface area contributed by atoms with Crippen molar-refractivity contribution in [3.63, 3.8) is 0 Å². The first-order chi connectivity index (χ1) is 10.6. The van der Waals surface area contributed by atoms with Gasteiger partial charge in [-0.3, -0.25) is 4.79 Å². The van der Waals surface area contributed by atoms with Crippen LogP contribution in [0.4, 0.5) is 0 Å². The van der Waals surface area contributed by atoms with Crippen LogP contribution in [0.2, 0.25) is 0 Å². The van der Waals surface area contributed by atoms with Crippen LogP contribution >= 0.6 is 11.3 Å². The smallest absolute Gasteiger partial charge is 0.324 e. The third-order valence-corrected chi connectivity index (χ3v) is 5.31. The molecular weight excluding hydrogens is 304 g/mol. The average molecular weight is 328 g/mol. The average Bonchev–Trinajstić information content (AvgIpc) is 3.00. The van der Waals surface area contributed by atoms with Crippen molar-refractivity contribution in [2.24, 2.45) is 0 Å². The van der Waals surface area contributed by atoms with E-state index in [1.807, 2.05) is 17.5 Å². The molecule has 1 aromatic carbocycles. The van der Waals surface area contributed by atoms with Gasteiger partial charge in [-0.1, -0.05) is 59.7 Å². The van der Waals surface area contributed by atoms with E-state index in [1.54, 1.807) is 11.3 Å². The molecule has 2 nitrogen and oxygen atoms in total. The van der Waals surface area contributed by atoms with E-state index in [-0.39, 0.29) is 22.7 Å². The van der Waals surface area contributed by atoms with Gasteiger partial charge in [0.1, 0.15) is 11.7 Å². The number of esters is 1. The van der Waals surface area contributed by atoms with E-state index >= 15 is 0 Å². The van der Waals surface area contributed by atoms with Gasteiger partial charge in [0.15, 0.2) is 0 Å². The fourth-order valence-electron chi connectivity index (χ4n) is 2.98. The summed E-state index contributed by atoms with van der Waals surface area (Å²) in [6, 6.07) is 8.39. The van der Waals surface area contributed by atoms with Gasteiger partial charge >= 0.3 is 5.97 Å². The molecule has 0 N–H and O–H groups in total. The normalized spacial score (nSPS) is 18.0. The SMILES string of the molecule is CC(C)(C)c1cc2c(c(C(C)(C)C)c1)OC(=O)C2c1cccs1. The molecule has 23 heavy (non-hydrogen) atoms. The van der Waals surface area contributed by atoms with Gasteiger partial charge < -0.3 is 4.74 Å². The summed E-state index contributed by atoms with van der Waals surface area (Å²) in [6.45, 7) is 13.1. The second-order valence-corrected chi connectivity index (χ2v) is 9.29. The molecule has 122 valence electrons. The molecule has 2 heterocycles. The van der Waals surface area contributed by atoms with E-state index in [4.69, 9.17) is 4.74 Å². The lowest BCUT2D eigenvalue weighted by molar-refractivity contribution is -0.133. The number of thiophene rings is 1. The van der Waals surface area contributed by atoms with E-state index in [9.17, 15) is 4.79 Å². The van der Waals surface area contributed by atoms with Gasteiger partial charge in [-0.15, -0.1) is 11.3 Å². The minimum atomic E-state index is -0.284. The Labute approximate surface area is 142 Å². The van der Waals surface area contributed by atoms with Crippen molar-refractivity contribution in [1.29, 1.82) is 0 Å². The van der Waals surface area contributed by atoms with Crippen LogP contribution in [-0.2, 0) is 15.6 Å². The molecule has 0 bridgehead atoms. The van der Waals surface area contributed by atoms with Crippen LogP contribution in [0.15, 0.2) is 29.6 Å². The first-order valence-electron chi connectivity index (χ1n) is 8.03. The Morgan fingerprint density at radius 2 is 1.74 bits per heavy atom. The van der Waals surface area contributed by atoms with Crippen molar-refractivity contribution in [3.05, 3.63) is 51.2 Å². The highest BCUT2D eigenvalue weighted by Crippen LogP contribution is 2.47. The van der Waals surface area contributed by atoms with Crippen LogP contribution in [0.25, 0.3) is 0 Å². The lowest BCUT2D eigenvalue weighted by Crippen LogP contribution is -2.17. The van der Waals surface area contributed by atoms with Crippen LogP contribution in [0.3, 0.4) is 0 Å². The molecular formula is C20H24O2S. The van der Waals surface area contributed by atoms with Crippen LogP contribution in [0, 0.1) is 0 Å². The predicted octanol–water partition coefficient (Wildman–Crippen LogP) is 5.39. The molecule has 1 aromatic heterocycles. The topological polar surface area (TPSA) is 26.3 Å². The number of hydrogen-bond acceptors (Lipinski definition) is 3. The zero-order chi connectivity index (χ0) is 17.0. The number of benzene rings is 1. The Morgan fingerprint density at radius 3 is 2.26 bits per heavy atom. The minimum Gasteiger partial charge on any atom is -0.425 e. The first kappa shape index (κ1) is 16.3. The molecule has 1 atom stereocenters. The summed E-state index contributed by atoms with van der Waals surface area (Å²) in [5.74, 6) is 0.335. The van der Waals surface area contributed by atoms with Crippen LogP contribution < -0.4 is 4.74 Å². The molecule has 0 saturated heterocycles. The van der Waals surface area contributed by atoms with Gasteiger partial charge in [-0.2, -0.15) is 0 Å². The van der Waals surface area contributed by atoms with E-state index in [0.29, 0.717) is 0 Å². The molecule has 1 aliphatic heterocycles. The maximum atomic E-state index is 12.6. The maximum absolute atomic E-state index is 12.6. The van der Waals surface area contributed by atoms with E-state index in [0.717, 1.165) is 21.8 Å². The predicted molar refractivity (Wildman–Crippen MR) is 95.6 cm³/mol. The molecule has 3 heteroatoms. The number of hydrogen-bond donors (Lipinski definition) is 0. The van der Waals surface area contributed by atoms with Crippen molar-refractivity contribution in [1.82, 2.24) is 0 Å². The van der Waals surface area contributed by atoms with Crippen molar-refractivity contribution in [2.75, 3.05) is 0 Å². The summed E-state index contributed by atoms with van der Waals surface area (Å²) in [7, 11) is 0. The van der Waals surface area contributed by atoms with Gasteiger partial charge in [0.2, 0.25) is 0 Å². The highest BCUT2D eigenvalue weighted by Gasteiger charge is 2.39. The largest absolute Gasteiger partial charge is 0.425 e. The highest BCUT2D eigenvalue weighted by molar-refractivity contribution is 7.10. The number of fused-ring (bicyclic) bond motifs is 1. The Morgan fingerprint density at radius 1 is 1.04 bits per heavy atom. The summed E-state index contributed by atoms with van der Waals surface area (Å²) in [6.07, 6.45) is 0. The number of ether oxygens (including phenoxy) is 1. The number of rotatable bonds is 1. The molecule has 0 amide bonds. The summed E-state index contributed by atoms with van der Waals surface area (Å²) >= 11 is 1.61. The standard InChI is InChI=1S/C20H24O2S/c1-19(2,3)12-10-13-16(15-8-7-9-23-15)18(21)22-17(13)14(11-12)20(4,5)6/h7-11,16H,1-6H3. The minimum absolute atomic E-state index is 0.0284. The van der Waals surface area contributed by atoms with Gasteiger partial charge in [0.25, 0.3) is 0 Å². The maximum Gasteiger partial charge on any atom is 0.324 e. The Balaban J connectivity index is 2.27. The third-order valence-electron chi connectivity index (χ3n) is 4.37. The van der Waals surface area contributed by atoms with E-state index < -0.39 is 0 Å². The lowest BCUT2D eigenvalue weighted by Gasteiger charge is -2.27. The summed E-state index contributed by atoms with van der Waals surface area (Å²) in [5.41, 5.74) is 3.35. The quantitative estimate of drug-likeness (QED) is 0.518. The highest BCUT2D eigenvalue weighted by atomic mass is 32.1. The van der Waals surface area contributed by atoms with Gasteiger partial charge in [0, 0.05) is 16.0 Å². The van der Waals surface area contributed by atoms with Crippen LogP contribution in [0.1, 0.15) is 69.0 Å². The van der Waals surface area contributed by atoms with Gasteiger partial charge in [0.05, 0.1) is 0 Å². The van der Waals surface area contributed by atoms with Crippen LogP contribution in [0.5, 0.6) is 5.75 Å². The Bertz CT molecular complexity index is 743.